The van der Waals surface area contributed by atoms with Gasteiger partial charge in [0.25, 0.3) is 0 Å². The summed E-state index contributed by atoms with van der Waals surface area (Å²) < 4.78 is 35.6. The summed E-state index contributed by atoms with van der Waals surface area (Å²) in [7, 11) is 0. The SMILES string of the molecule is CCc1cccc2cc(O)cc(-c3ncc4c(N5CC6CCC(C5)N6C(=O)OC(C)(C)C)nc(OCCN5CCC(OCC(=O)N[C@H](C(=O)N6C[C@H](O)C[C@H]6C(=O)N[C@@H](C)c6ccc(-c7scnc7C)cc6)C(C)(C)C)CC5)nc4c3F)c12. The number of phenolic OH excluding ortho intramolecular Hbond substituents is 1. The monoisotopic (exact) mass is 1160 g/mol. The summed E-state index contributed by atoms with van der Waals surface area (Å²) in [4.78, 5) is 82.4. The predicted molar refractivity (Wildman–Crippen MR) is 316 cm³/mol. The molecule has 4 aliphatic rings. The van der Waals surface area contributed by atoms with Crippen LogP contribution in [0.2, 0.25) is 0 Å². The van der Waals surface area contributed by atoms with Gasteiger partial charge in [-0.2, -0.15) is 9.97 Å². The van der Waals surface area contributed by atoms with E-state index in [1.807, 2.05) is 115 Å². The number of rotatable bonds is 16. The van der Waals surface area contributed by atoms with E-state index in [2.05, 4.69) is 25.4 Å². The summed E-state index contributed by atoms with van der Waals surface area (Å²) in [5.74, 6) is -1.54. The average Bonchev–Trinajstić information content (AvgIpc) is 2.42. The molecule has 0 spiro atoms. The molecule has 2 unspecified atom stereocenters. The maximum atomic E-state index is 17.4. The number of amides is 4. The quantitative estimate of drug-likeness (QED) is 0.0713. The Morgan fingerprint density at radius 2 is 1.64 bits per heavy atom. The van der Waals surface area contributed by atoms with Gasteiger partial charge in [-0.15, -0.1) is 11.3 Å². The number of aliphatic hydroxyl groups is 1. The number of hydrogen-bond donors (Lipinski definition) is 4. The van der Waals surface area contributed by atoms with Crippen molar-refractivity contribution in [2.75, 3.05) is 57.4 Å². The van der Waals surface area contributed by atoms with Gasteiger partial charge in [-0.05, 0) is 112 Å². The summed E-state index contributed by atoms with van der Waals surface area (Å²) in [6, 6.07) is 14.3. The van der Waals surface area contributed by atoms with Gasteiger partial charge in [0.2, 0.25) is 17.7 Å². The van der Waals surface area contributed by atoms with Crippen LogP contribution >= 0.6 is 11.3 Å². The number of ether oxygens (including phenoxy) is 3. The number of aromatic hydroxyl groups is 1. The van der Waals surface area contributed by atoms with Gasteiger partial charge in [0.1, 0.15) is 53.7 Å². The van der Waals surface area contributed by atoms with Gasteiger partial charge in [0, 0.05) is 57.4 Å². The number of fused-ring (bicyclic) bond motifs is 4. The fourth-order valence-electron chi connectivity index (χ4n) is 12.2. The minimum absolute atomic E-state index is 0.00805. The molecule has 4 amide bonds. The lowest BCUT2D eigenvalue weighted by molar-refractivity contribution is -0.145. The van der Waals surface area contributed by atoms with Gasteiger partial charge >= 0.3 is 12.1 Å². The van der Waals surface area contributed by atoms with Crippen molar-refractivity contribution < 1.29 is 48.0 Å². The number of carbonyl (C=O) groups excluding carboxylic acids is 4. The number of phenols is 1. The van der Waals surface area contributed by atoms with Gasteiger partial charge in [-0.25, -0.2) is 14.2 Å². The van der Waals surface area contributed by atoms with E-state index in [-0.39, 0.29) is 85.4 Å². The molecule has 0 saturated carbocycles. The molecule has 7 heterocycles. The van der Waals surface area contributed by atoms with Crippen LogP contribution in [-0.2, 0) is 30.3 Å². The number of piperidine rings is 1. The fraction of sp³-hybridized carbons (Fsp3) is 0.516. The molecule has 83 heavy (non-hydrogen) atoms. The largest absolute Gasteiger partial charge is 0.508 e. The van der Waals surface area contributed by atoms with E-state index in [4.69, 9.17) is 29.2 Å². The van der Waals surface area contributed by atoms with Crippen LogP contribution in [0.15, 0.2) is 66.3 Å². The van der Waals surface area contributed by atoms with Crippen LogP contribution in [0.5, 0.6) is 11.8 Å². The van der Waals surface area contributed by atoms with Crippen molar-refractivity contribution in [2.24, 2.45) is 5.41 Å². The molecule has 4 N–H and O–H groups in total. The van der Waals surface area contributed by atoms with Crippen LogP contribution in [0, 0.1) is 18.2 Å². The number of pyridine rings is 1. The zero-order valence-corrected chi connectivity index (χ0v) is 49.7. The van der Waals surface area contributed by atoms with E-state index < -0.39 is 46.8 Å². The molecule has 0 aliphatic carbocycles. The van der Waals surface area contributed by atoms with Gasteiger partial charge in [0.15, 0.2) is 5.82 Å². The number of aromatic nitrogens is 4. The van der Waals surface area contributed by atoms with Crippen molar-refractivity contribution >= 4 is 62.6 Å². The Bertz CT molecular complexity index is 3360. The second-order valence-corrected chi connectivity index (χ2v) is 25.5. The lowest BCUT2D eigenvalue weighted by atomic mass is 9.85. The Morgan fingerprint density at radius 3 is 2.30 bits per heavy atom. The van der Waals surface area contributed by atoms with E-state index in [1.165, 1.54) is 11.0 Å². The number of halogens is 1. The first-order valence-electron chi connectivity index (χ1n) is 29.0. The Hall–Kier alpha value is -7.07. The van der Waals surface area contributed by atoms with E-state index in [9.17, 15) is 29.4 Å². The molecular formula is C62H77FN10O9S. The maximum absolute atomic E-state index is 17.4. The topological polar surface area (TPSA) is 225 Å². The molecule has 2 bridgehead atoms. The Kier molecular flexibility index (Phi) is 17.3. The smallest absolute Gasteiger partial charge is 0.410 e. The summed E-state index contributed by atoms with van der Waals surface area (Å²) in [6.45, 7) is 19.5. The van der Waals surface area contributed by atoms with Crippen molar-refractivity contribution in [3.05, 3.63) is 88.9 Å². The molecule has 442 valence electrons. The Labute approximate surface area is 487 Å². The standard InChI is InChI=1S/C62H77FN10O9S/c1-10-37-12-11-13-40-26-43(74)27-46(50(37)40)52-51(63)53-47(29-64-52)56(71-30-41-18-19-42(31-71)73(41)60(79)82-62(7,8)9)69-59(68-53)80-25-24-70-22-20-45(21-23-70)81-33-49(76)67-55(61(4,5)6)58(78)72-32-44(75)28-48(72)57(77)66-35(2)38-14-16-39(17-15-38)54-36(3)65-34-83-54/h11-17,26-27,29,34-35,41-42,44-45,48,55,74-75H,10,18-25,28,30-33H2,1-9H3,(H,66,77)(H,67,76)/t35-,41?,42?,44+,48-,55+/m0/s1. The number of β-amino-alcohol motifs (C(OH)–C–C–N with tert-alkyl or cyclic N) is 1. The Balaban J connectivity index is 0.763. The highest BCUT2D eigenvalue weighted by atomic mass is 32.1. The van der Waals surface area contributed by atoms with Gasteiger partial charge in [-0.3, -0.25) is 29.2 Å². The third-order valence-corrected chi connectivity index (χ3v) is 17.4. The first-order valence-corrected chi connectivity index (χ1v) is 29.8. The number of aliphatic hydroxyl groups excluding tert-OH is 1. The highest BCUT2D eigenvalue weighted by Crippen LogP contribution is 2.41. The van der Waals surface area contributed by atoms with Crippen molar-refractivity contribution in [1.82, 2.24) is 45.3 Å². The number of nitrogens with zero attached hydrogens (tertiary/aromatic N) is 8. The van der Waals surface area contributed by atoms with E-state index in [0.29, 0.717) is 68.8 Å². The minimum atomic E-state index is -1.00. The van der Waals surface area contributed by atoms with Crippen LogP contribution in [0.1, 0.15) is 110 Å². The molecule has 3 aromatic heterocycles. The summed E-state index contributed by atoms with van der Waals surface area (Å²) in [5.41, 5.74) is 4.79. The normalized spacial score (nSPS) is 20.4. The summed E-state index contributed by atoms with van der Waals surface area (Å²) in [5, 5.41) is 29.5. The Morgan fingerprint density at radius 1 is 0.916 bits per heavy atom. The number of nitrogens with one attached hydrogen (secondary N) is 2. The zero-order chi connectivity index (χ0) is 59.1. The van der Waals surface area contributed by atoms with Gasteiger partial charge in [-0.1, -0.05) is 70.2 Å². The fourth-order valence-corrected chi connectivity index (χ4v) is 13.0. The number of hydrogen-bond acceptors (Lipinski definition) is 16. The maximum Gasteiger partial charge on any atom is 0.410 e. The molecule has 4 saturated heterocycles. The van der Waals surface area contributed by atoms with Crippen LogP contribution in [0.25, 0.3) is 43.4 Å². The average molecular weight is 1160 g/mol. The molecule has 0 radical (unpaired) electrons. The van der Waals surface area contributed by atoms with Gasteiger partial charge < -0.3 is 44.9 Å². The molecule has 10 rings (SSSR count). The van der Waals surface area contributed by atoms with E-state index >= 15 is 4.39 Å². The van der Waals surface area contributed by atoms with Crippen molar-refractivity contribution in [3.8, 4) is 33.5 Å². The number of thiazole rings is 1. The number of benzene rings is 3. The van der Waals surface area contributed by atoms with E-state index in [0.717, 1.165) is 50.9 Å². The molecule has 6 aromatic rings. The molecule has 3 aromatic carbocycles. The highest BCUT2D eigenvalue weighted by Gasteiger charge is 2.47. The third kappa shape index (κ3) is 13.0. The first kappa shape index (κ1) is 59.1. The number of aryl methyl sites for hydroxylation is 2. The van der Waals surface area contributed by atoms with Crippen LogP contribution < -0.4 is 20.3 Å². The van der Waals surface area contributed by atoms with Crippen LogP contribution in [-0.4, -0.2) is 163 Å². The third-order valence-electron chi connectivity index (χ3n) is 16.4. The van der Waals surface area contributed by atoms with Crippen molar-refractivity contribution in [1.29, 1.82) is 0 Å². The number of piperazine rings is 1. The molecular weight excluding hydrogens is 1080 g/mol. The van der Waals surface area contributed by atoms with Crippen LogP contribution in [0.3, 0.4) is 0 Å². The molecule has 4 aliphatic heterocycles. The number of anilines is 1. The molecule has 21 heteroatoms. The highest BCUT2D eigenvalue weighted by molar-refractivity contribution is 7.13. The summed E-state index contributed by atoms with van der Waals surface area (Å²) in [6.07, 6.45) is 3.68. The lowest BCUT2D eigenvalue weighted by Crippen LogP contribution is -2.58. The predicted octanol–water partition coefficient (Wildman–Crippen LogP) is 8.50. The van der Waals surface area contributed by atoms with Crippen molar-refractivity contribution in [3.63, 3.8) is 0 Å². The summed E-state index contributed by atoms with van der Waals surface area (Å²) >= 11 is 1.57. The minimum Gasteiger partial charge on any atom is -0.508 e. The van der Waals surface area contributed by atoms with E-state index in [1.54, 1.807) is 23.6 Å². The zero-order valence-electron chi connectivity index (χ0n) is 48.9. The second kappa shape index (κ2) is 24.3. The first-order chi connectivity index (χ1) is 39.5. The molecule has 4 fully saturated rings. The number of likely N-dealkylation sites (tertiary alicyclic amines) is 2. The van der Waals surface area contributed by atoms with Crippen LogP contribution in [0.4, 0.5) is 15.0 Å². The molecule has 6 atom stereocenters. The lowest BCUT2D eigenvalue weighted by Gasteiger charge is -2.42. The number of carbonyl (C=O) groups is 4. The van der Waals surface area contributed by atoms with Gasteiger partial charge in [0.05, 0.1) is 51.8 Å². The van der Waals surface area contributed by atoms with Crippen molar-refractivity contribution in [2.45, 2.75) is 149 Å². The second-order valence-electron chi connectivity index (χ2n) is 24.6. The molecule has 19 nitrogen and oxygen atoms in total.